The molecule has 114 valence electrons. The highest BCUT2D eigenvalue weighted by Crippen LogP contribution is 2.22. The maximum absolute atomic E-state index is 11.9. The molecule has 3 rings (SSSR count). The Bertz CT molecular complexity index is 620. The molecule has 3 N–H and O–H groups in total. The van der Waals surface area contributed by atoms with Gasteiger partial charge < -0.3 is 15.6 Å². The van der Waals surface area contributed by atoms with Crippen LogP contribution in [0.4, 0.5) is 0 Å². The molecule has 1 saturated heterocycles. The number of halogens is 2. The van der Waals surface area contributed by atoms with Crippen LogP contribution in [0.15, 0.2) is 24.4 Å². The summed E-state index contributed by atoms with van der Waals surface area (Å²) in [6, 6.07) is 5.81. The Hall–Kier alpha value is -1.23. The van der Waals surface area contributed by atoms with Gasteiger partial charge in [0.05, 0.1) is 5.92 Å². The van der Waals surface area contributed by atoms with Crippen molar-refractivity contribution in [1.29, 1.82) is 0 Å². The van der Waals surface area contributed by atoms with Crippen LogP contribution in [-0.4, -0.2) is 30.5 Å². The zero-order valence-electron chi connectivity index (χ0n) is 11.6. The van der Waals surface area contributed by atoms with Crippen LogP contribution in [0.1, 0.15) is 12.0 Å². The van der Waals surface area contributed by atoms with Crippen LogP contribution in [0.3, 0.4) is 0 Å². The third-order valence-corrected chi connectivity index (χ3v) is 4.09. The molecule has 2 aromatic rings. The number of fused-ring (bicyclic) bond motifs is 1. The minimum atomic E-state index is 0. The first kappa shape index (κ1) is 16.1. The molecule has 1 unspecified atom stereocenters. The second-order valence-corrected chi connectivity index (χ2v) is 5.67. The lowest BCUT2D eigenvalue weighted by molar-refractivity contribution is -0.124. The standard InChI is InChI=1S/C15H18ClN3O.ClH/c16-12-1-2-14-13(7-12)10(9-19-14)4-6-18-15(20)11-3-5-17-8-11;/h1-2,7,9,11,17,19H,3-6,8H2,(H,18,20);1H. The highest BCUT2D eigenvalue weighted by molar-refractivity contribution is 6.31. The maximum Gasteiger partial charge on any atom is 0.224 e. The topological polar surface area (TPSA) is 56.9 Å². The molecule has 1 aliphatic rings. The number of benzene rings is 1. The van der Waals surface area contributed by atoms with Crippen molar-refractivity contribution in [2.75, 3.05) is 19.6 Å². The number of rotatable bonds is 4. The largest absolute Gasteiger partial charge is 0.361 e. The molecule has 1 atom stereocenters. The Labute approximate surface area is 135 Å². The van der Waals surface area contributed by atoms with Crippen LogP contribution in [0.5, 0.6) is 0 Å². The van der Waals surface area contributed by atoms with Crippen LogP contribution in [0.25, 0.3) is 10.9 Å². The second kappa shape index (κ2) is 7.16. The molecule has 6 heteroatoms. The molecule has 0 radical (unpaired) electrons. The Morgan fingerprint density at radius 2 is 2.29 bits per heavy atom. The quantitative estimate of drug-likeness (QED) is 0.808. The molecular weight excluding hydrogens is 309 g/mol. The van der Waals surface area contributed by atoms with Crippen LogP contribution < -0.4 is 10.6 Å². The molecule has 1 aromatic carbocycles. The molecule has 1 aromatic heterocycles. The summed E-state index contributed by atoms with van der Waals surface area (Å²) in [6.07, 6.45) is 3.74. The molecule has 0 saturated carbocycles. The van der Waals surface area contributed by atoms with Gasteiger partial charge in [-0.2, -0.15) is 0 Å². The predicted octanol–water partition coefficient (Wildman–Crippen LogP) is 2.51. The number of nitrogens with one attached hydrogen (secondary N) is 3. The van der Waals surface area contributed by atoms with E-state index in [4.69, 9.17) is 11.6 Å². The molecule has 1 aliphatic heterocycles. The molecular formula is C15H19Cl2N3O. The van der Waals surface area contributed by atoms with Gasteiger partial charge in [-0.1, -0.05) is 11.6 Å². The van der Waals surface area contributed by atoms with E-state index in [0.717, 1.165) is 41.9 Å². The van der Waals surface area contributed by atoms with Gasteiger partial charge >= 0.3 is 0 Å². The minimum Gasteiger partial charge on any atom is -0.361 e. The predicted molar refractivity (Wildman–Crippen MR) is 88.2 cm³/mol. The summed E-state index contributed by atoms with van der Waals surface area (Å²) in [5.74, 6) is 0.292. The monoisotopic (exact) mass is 327 g/mol. The minimum absolute atomic E-state index is 0. The van der Waals surface area contributed by atoms with Crippen molar-refractivity contribution in [2.24, 2.45) is 5.92 Å². The number of carbonyl (C=O) groups excluding carboxylic acids is 1. The fourth-order valence-electron chi connectivity index (χ4n) is 2.70. The number of aromatic amines is 1. The molecule has 0 aliphatic carbocycles. The van der Waals surface area contributed by atoms with Gasteiger partial charge in [0, 0.05) is 35.2 Å². The van der Waals surface area contributed by atoms with Gasteiger partial charge in [-0.05, 0) is 43.1 Å². The molecule has 2 heterocycles. The van der Waals surface area contributed by atoms with Gasteiger partial charge in [0.1, 0.15) is 0 Å². The van der Waals surface area contributed by atoms with E-state index < -0.39 is 0 Å². The third kappa shape index (κ3) is 3.70. The second-order valence-electron chi connectivity index (χ2n) is 5.23. The average Bonchev–Trinajstić information content (AvgIpc) is 3.08. The molecule has 21 heavy (non-hydrogen) atoms. The first-order valence-corrected chi connectivity index (χ1v) is 7.36. The van der Waals surface area contributed by atoms with E-state index in [0.29, 0.717) is 6.54 Å². The lowest BCUT2D eigenvalue weighted by Crippen LogP contribution is -2.33. The first-order chi connectivity index (χ1) is 9.74. The van der Waals surface area contributed by atoms with Crippen LogP contribution in [0.2, 0.25) is 5.02 Å². The number of hydrogen-bond acceptors (Lipinski definition) is 2. The first-order valence-electron chi connectivity index (χ1n) is 6.98. The van der Waals surface area contributed by atoms with E-state index in [9.17, 15) is 4.79 Å². The smallest absolute Gasteiger partial charge is 0.224 e. The van der Waals surface area contributed by atoms with Crippen LogP contribution >= 0.6 is 24.0 Å². The van der Waals surface area contributed by atoms with Gasteiger partial charge in [-0.3, -0.25) is 4.79 Å². The lowest BCUT2D eigenvalue weighted by Gasteiger charge is -2.09. The summed E-state index contributed by atoms with van der Waals surface area (Å²) in [5, 5.41) is 8.09. The van der Waals surface area contributed by atoms with Gasteiger partial charge in [0.15, 0.2) is 0 Å². The summed E-state index contributed by atoms with van der Waals surface area (Å²) in [4.78, 5) is 15.1. The van der Waals surface area contributed by atoms with Crippen LogP contribution in [-0.2, 0) is 11.2 Å². The number of H-pyrrole nitrogens is 1. The zero-order valence-corrected chi connectivity index (χ0v) is 13.2. The van der Waals surface area contributed by atoms with E-state index in [2.05, 4.69) is 15.6 Å². The molecule has 4 nitrogen and oxygen atoms in total. The van der Waals surface area contributed by atoms with E-state index in [1.165, 1.54) is 5.56 Å². The van der Waals surface area contributed by atoms with Crippen molar-refractivity contribution in [3.8, 4) is 0 Å². The summed E-state index contributed by atoms with van der Waals surface area (Å²) in [6.45, 7) is 2.41. The van der Waals surface area contributed by atoms with E-state index in [-0.39, 0.29) is 24.2 Å². The summed E-state index contributed by atoms with van der Waals surface area (Å²) in [5.41, 5.74) is 2.27. The maximum atomic E-state index is 11.9. The lowest BCUT2D eigenvalue weighted by atomic mass is 10.1. The number of hydrogen-bond donors (Lipinski definition) is 3. The number of carbonyl (C=O) groups is 1. The molecule has 0 spiro atoms. The van der Waals surface area contributed by atoms with E-state index in [1.54, 1.807) is 0 Å². The summed E-state index contributed by atoms with van der Waals surface area (Å²) >= 11 is 6.03. The molecule has 1 amide bonds. The Morgan fingerprint density at radius 3 is 3.05 bits per heavy atom. The average molecular weight is 328 g/mol. The van der Waals surface area contributed by atoms with Crippen molar-refractivity contribution in [3.05, 3.63) is 35.0 Å². The number of amides is 1. The van der Waals surface area contributed by atoms with Gasteiger partial charge in [0.2, 0.25) is 5.91 Å². The SMILES string of the molecule is Cl.O=C(NCCc1c[nH]c2ccc(Cl)cc12)C1CCNC1. The molecule has 0 bridgehead atoms. The fraction of sp³-hybridized carbons (Fsp3) is 0.400. The number of aromatic nitrogens is 1. The third-order valence-electron chi connectivity index (χ3n) is 3.85. The Kier molecular flexibility index (Phi) is 5.51. The summed E-state index contributed by atoms with van der Waals surface area (Å²) in [7, 11) is 0. The van der Waals surface area contributed by atoms with E-state index in [1.807, 2.05) is 24.4 Å². The van der Waals surface area contributed by atoms with Crippen molar-refractivity contribution in [2.45, 2.75) is 12.8 Å². The zero-order chi connectivity index (χ0) is 13.9. The van der Waals surface area contributed by atoms with Crippen LogP contribution in [0, 0.1) is 5.92 Å². The highest BCUT2D eigenvalue weighted by Gasteiger charge is 2.21. The summed E-state index contributed by atoms with van der Waals surface area (Å²) < 4.78 is 0. The van der Waals surface area contributed by atoms with E-state index >= 15 is 0 Å². The van der Waals surface area contributed by atoms with Gasteiger partial charge in [-0.25, -0.2) is 0 Å². The molecule has 1 fully saturated rings. The van der Waals surface area contributed by atoms with Gasteiger partial charge in [0.25, 0.3) is 0 Å². The van der Waals surface area contributed by atoms with Crippen molar-refractivity contribution < 1.29 is 4.79 Å². The van der Waals surface area contributed by atoms with Crippen molar-refractivity contribution in [3.63, 3.8) is 0 Å². The normalized spacial score (nSPS) is 17.7. The highest BCUT2D eigenvalue weighted by atomic mass is 35.5. The fourth-order valence-corrected chi connectivity index (χ4v) is 2.87. The Morgan fingerprint density at radius 1 is 1.43 bits per heavy atom. The van der Waals surface area contributed by atoms with Crippen molar-refractivity contribution in [1.82, 2.24) is 15.6 Å². The van der Waals surface area contributed by atoms with Gasteiger partial charge in [-0.15, -0.1) is 12.4 Å². The Balaban J connectivity index is 0.00000161. The van der Waals surface area contributed by atoms with Crippen molar-refractivity contribution >= 4 is 40.8 Å².